The number of hydrogen-bond acceptors (Lipinski definition) is 3. The predicted molar refractivity (Wildman–Crippen MR) is 95.1 cm³/mol. The third kappa shape index (κ3) is 4.37. The Kier molecular flexibility index (Phi) is 5.58. The van der Waals surface area contributed by atoms with Gasteiger partial charge >= 0.3 is 0 Å². The van der Waals surface area contributed by atoms with Crippen LogP contribution in [0.1, 0.15) is 25.7 Å². The molecule has 1 N–H and O–H groups in total. The molecule has 1 saturated carbocycles. The second-order valence-electron chi connectivity index (χ2n) is 5.94. The normalized spacial score (nSPS) is 21.5. The zero-order valence-electron chi connectivity index (χ0n) is 13.2. The summed E-state index contributed by atoms with van der Waals surface area (Å²) in [6, 6.07) is 14.7. The highest BCUT2D eigenvalue weighted by molar-refractivity contribution is 8.00. The van der Waals surface area contributed by atoms with E-state index in [-0.39, 0.29) is 17.1 Å². The van der Waals surface area contributed by atoms with Gasteiger partial charge in [0.15, 0.2) is 0 Å². The molecular formula is C18H20FNO2S2. The summed E-state index contributed by atoms with van der Waals surface area (Å²) in [6.07, 6.45) is 3.87. The van der Waals surface area contributed by atoms with Crippen molar-refractivity contribution in [2.24, 2.45) is 0 Å². The third-order valence-corrected chi connectivity index (χ3v) is 7.08. The topological polar surface area (TPSA) is 46.2 Å². The molecule has 0 aromatic heterocycles. The number of halogens is 1. The van der Waals surface area contributed by atoms with Crippen LogP contribution in [-0.2, 0) is 10.0 Å². The minimum absolute atomic E-state index is 0.112. The molecule has 0 amide bonds. The Morgan fingerprint density at radius 1 is 0.958 bits per heavy atom. The molecule has 2 aromatic carbocycles. The van der Waals surface area contributed by atoms with Gasteiger partial charge in [0.2, 0.25) is 10.0 Å². The predicted octanol–water partition coefficient (Wildman–Crippen LogP) is 4.21. The zero-order chi connectivity index (χ0) is 17.0. The lowest BCUT2D eigenvalue weighted by Gasteiger charge is -2.31. The maximum absolute atomic E-state index is 13.1. The Hall–Kier alpha value is -1.37. The lowest BCUT2D eigenvalue weighted by Crippen LogP contribution is -2.43. The van der Waals surface area contributed by atoms with Crippen LogP contribution in [-0.4, -0.2) is 19.7 Å². The molecule has 0 spiro atoms. The van der Waals surface area contributed by atoms with E-state index in [2.05, 4.69) is 4.72 Å². The van der Waals surface area contributed by atoms with Crippen LogP contribution in [0.25, 0.3) is 0 Å². The second kappa shape index (κ2) is 7.68. The van der Waals surface area contributed by atoms with Crippen LogP contribution < -0.4 is 4.72 Å². The van der Waals surface area contributed by atoms with Crippen molar-refractivity contribution < 1.29 is 12.8 Å². The van der Waals surface area contributed by atoms with Crippen molar-refractivity contribution in [1.82, 2.24) is 4.72 Å². The molecule has 0 heterocycles. The molecule has 0 saturated heterocycles. The minimum atomic E-state index is -3.52. The van der Waals surface area contributed by atoms with Gasteiger partial charge in [-0.1, -0.05) is 31.0 Å². The van der Waals surface area contributed by atoms with Crippen LogP contribution >= 0.6 is 11.8 Å². The van der Waals surface area contributed by atoms with Gasteiger partial charge < -0.3 is 0 Å². The van der Waals surface area contributed by atoms with E-state index in [0.29, 0.717) is 4.90 Å². The monoisotopic (exact) mass is 365 g/mol. The van der Waals surface area contributed by atoms with Gasteiger partial charge in [0.25, 0.3) is 0 Å². The molecule has 1 fully saturated rings. The van der Waals surface area contributed by atoms with Gasteiger partial charge in [0, 0.05) is 16.2 Å². The Labute approximate surface area is 146 Å². The van der Waals surface area contributed by atoms with Crippen LogP contribution in [0.5, 0.6) is 0 Å². The summed E-state index contributed by atoms with van der Waals surface area (Å²) >= 11 is 1.62. The summed E-state index contributed by atoms with van der Waals surface area (Å²) in [7, 11) is -3.52. The fourth-order valence-corrected chi connectivity index (χ4v) is 5.64. The van der Waals surface area contributed by atoms with Crippen molar-refractivity contribution in [1.29, 1.82) is 0 Å². The fourth-order valence-electron chi connectivity index (χ4n) is 2.93. The molecule has 1 aliphatic rings. The zero-order valence-corrected chi connectivity index (χ0v) is 14.8. The van der Waals surface area contributed by atoms with Gasteiger partial charge in [-0.05, 0) is 49.2 Å². The fraction of sp³-hybridized carbons (Fsp3) is 0.333. The van der Waals surface area contributed by atoms with Gasteiger partial charge in [-0.15, -0.1) is 11.8 Å². The van der Waals surface area contributed by atoms with Crippen LogP contribution in [0.15, 0.2) is 64.4 Å². The molecule has 1 aliphatic carbocycles. The van der Waals surface area contributed by atoms with Crippen molar-refractivity contribution in [3.63, 3.8) is 0 Å². The molecule has 24 heavy (non-hydrogen) atoms. The number of rotatable bonds is 5. The second-order valence-corrected chi connectivity index (χ2v) is 8.96. The first kappa shape index (κ1) is 17.5. The van der Waals surface area contributed by atoms with E-state index in [1.165, 1.54) is 12.1 Å². The van der Waals surface area contributed by atoms with Crippen molar-refractivity contribution in [3.8, 4) is 0 Å². The van der Waals surface area contributed by atoms with Crippen molar-refractivity contribution in [3.05, 3.63) is 60.4 Å². The molecule has 0 bridgehead atoms. The number of sulfonamides is 1. The molecule has 6 heteroatoms. The van der Waals surface area contributed by atoms with E-state index in [4.69, 9.17) is 0 Å². The van der Waals surface area contributed by atoms with E-state index in [9.17, 15) is 12.8 Å². The largest absolute Gasteiger partial charge is 0.240 e. The lowest BCUT2D eigenvalue weighted by molar-refractivity contribution is 0.423. The van der Waals surface area contributed by atoms with E-state index < -0.39 is 10.0 Å². The van der Waals surface area contributed by atoms with Crippen LogP contribution in [0, 0.1) is 5.82 Å². The van der Waals surface area contributed by atoms with E-state index in [0.717, 1.165) is 30.6 Å². The average Bonchev–Trinajstić information content (AvgIpc) is 2.59. The van der Waals surface area contributed by atoms with E-state index in [1.807, 2.05) is 0 Å². The summed E-state index contributed by atoms with van der Waals surface area (Å²) < 4.78 is 41.1. The number of nitrogens with one attached hydrogen (secondary N) is 1. The molecule has 2 unspecified atom stereocenters. The summed E-state index contributed by atoms with van der Waals surface area (Å²) in [5.74, 6) is -0.260. The summed E-state index contributed by atoms with van der Waals surface area (Å²) in [5.41, 5.74) is 0. The first-order chi connectivity index (χ1) is 11.5. The molecule has 3 rings (SSSR count). The van der Waals surface area contributed by atoms with Crippen molar-refractivity contribution >= 4 is 21.8 Å². The summed E-state index contributed by atoms with van der Waals surface area (Å²) in [5, 5.41) is 0.155. The minimum Gasteiger partial charge on any atom is -0.207 e. The number of benzene rings is 2. The molecule has 2 atom stereocenters. The van der Waals surface area contributed by atoms with Gasteiger partial charge in [-0.25, -0.2) is 17.5 Å². The Morgan fingerprint density at radius 3 is 2.33 bits per heavy atom. The quantitative estimate of drug-likeness (QED) is 0.863. The average molecular weight is 365 g/mol. The molecule has 0 radical (unpaired) electrons. The van der Waals surface area contributed by atoms with Gasteiger partial charge in [0.05, 0.1) is 4.90 Å². The molecule has 2 aromatic rings. The van der Waals surface area contributed by atoms with Crippen LogP contribution in [0.4, 0.5) is 4.39 Å². The maximum Gasteiger partial charge on any atom is 0.240 e. The van der Waals surface area contributed by atoms with E-state index >= 15 is 0 Å². The van der Waals surface area contributed by atoms with Gasteiger partial charge in [-0.2, -0.15) is 0 Å². The number of thioether (sulfide) groups is 1. The smallest absolute Gasteiger partial charge is 0.207 e. The van der Waals surface area contributed by atoms with Gasteiger partial charge in [-0.3, -0.25) is 0 Å². The van der Waals surface area contributed by atoms with Crippen LogP contribution in [0.3, 0.4) is 0 Å². The maximum atomic E-state index is 13.1. The lowest BCUT2D eigenvalue weighted by atomic mass is 9.96. The summed E-state index contributed by atoms with van der Waals surface area (Å²) in [4.78, 5) is 1.26. The highest BCUT2D eigenvalue weighted by Crippen LogP contribution is 2.34. The molecule has 128 valence electrons. The SMILES string of the molecule is O=S(=O)(NC1CCCCC1Sc1ccc(F)cc1)c1ccccc1. The highest BCUT2D eigenvalue weighted by Gasteiger charge is 2.30. The highest BCUT2D eigenvalue weighted by atomic mass is 32.2. The third-order valence-electron chi connectivity index (χ3n) is 4.16. The van der Waals surface area contributed by atoms with Crippen molar-refractivity contribution in [2.75, 3.05) is 0 Å². The Bertz CT molecular complexity index is 763. The Morgan fingerprint density at radius 2 is 1.62 bits per heavy atom. The van der Waals surface area contributed by atoms with Gasteiger partial charge in [0.1, 0.15) is 5.82 Å². The van der Waals surface area contributed by atoms with Crippen LogP contribution in [0.2, 0.25) is 0 Å². The standard InChI is InChI=1S/C18H20FNO2S2/c19-14-10-12-15(13-11-14)23-18-9-5-4-8-17(18)20-24(21,22)16-6-2-1-3-7-16/h1-3,6-7,10-13,17-18,20H,4-5,8-9H2. The first-order valence-corrected chi connectivity index (χ1v) is 10.4. The first-order valence-electron chi connectivity index (χ1n) is 8.04. The molecule has 3 nitrogen and oxygen atoms in total. The Balaban J connectivity index is 1.74. The van der Waals surface area contributed by atoms with E-state index in [1.54, 1.807) is 54.2 Å². The number of hydrogen-bond donors (Lipinski definition) is 1. The molecule has 0 aliphatic heterocycles. The van der Waals surface area contributed by atoms with Crippen molar-refractivity contribution in [2.45, 2.75) is 46.8 Å². The summed E-state index contributed by atoms with van der Waals surface area (Å²) in [6.45, 7) is 0. The molecular weight excluding hydrogens is 345 g/mol.